The Bertz CT molecular complexity index is 746. The van der Waals surface area contributed by atoms with Crippen LogP contribution in [0, 0.1) is 13.8 Å². The highest BCUT2D eigenvalue weighted by Gasteiger charge is 2.48. The standard InChI is InChI=1S/C20H24N2O2/c1-14-10-18(11-15(2)21-14)16-6-5-7-17(12-16)19(23)22(3)20(8-9-20)13-24-4/h5-7,10-12H,8-9,13H2,1-4H3. The summed E-state index contributed by atoms with van der Waals surface area (Å²) in [6.45, 7) is 4.57. The first kappa shape index (κ1) is 16.7. The lowest BCUT2D eigenvalue weighted by Gasteiger charge is -2.27. The van der Waals surface area contributed by atoms with Crippen LogP contribution in [0.4, 0.5) is 0 Å². The molecule has 4 nitrogen and oxygen atoms in total. The summed E-state index contributed by atoms with van der Waals surface area (Å²) in [5.74, 6) is 0.0499. The van der Waals surface area contributed by atoms with Crippen LogP contribution in [0.2, 0.25) is 0 Å². The largest absolute Gasteiger partial charge is 0.382 e. The zero-order valence-corrected chi connectivity index (χ0v) is 14.8. The number of likely N-dealkylation sites (N-methyl/N-ethyl adjacent to an activating group) is 1. The maximum Gasteiger partial charge on any atom is 0.254 e. The zero-order valence-electron chi connectivity index (χ0n) is 14.8. The van der Waals surface area contributed by atoms with Crippen molar-refractivity contribution < 1.29 is 9.53 Å². The Hall–Kier alpha value is -2.20. The van der Waals surface area contributed by atoms with E-state index in [1.165, 1.54) is 0 Å². The van der Waals surface area contributed by atoms with Gasteiger partial charge in [0, 0.05) is 31.1 Å². The van der Waals surface area contributed by atoms with Gasteiger partial charge in [0.25, 0.3) is 5.91 Å². The highest BCUT2D eigenvalue weighted by atomic mass is 16.5. The molecule has 1 heterocycles. The van der Waals surface area contributed by atoms with Crippen molar-refractivity contribution >= 4 is 5.91 Å². The van der Waals surface area contributed by atoms with Gasteiger partial charge in [-0.05, 0) is 62.1 Å². The predicted octanol–water partition coefficient (Wildman–Crippen LogP) is 3.62. The predicted molar refractivity (Wildman–Crippen MR) is 95.1 cm³/mol. The summed E-state index contributed by atoms with van der Waals surface area (Å²) in [5.41, 5.74) is 4.69. The van der Waals surface area contributed by atoms with E-state index in [-0.39, 0.29) is 11.4 Å². The molecule has 1 fully saturated rings. The molecule has 126 valence electrons. The molecule has 1 saturated carbocycles. The fourth-order valence-electron chi connectivity index (χ4n) is 3.23. The van der Waals surface area contributed by atoms with Crippen molar-refractivity contribution in [1.82, 2.24) is 9.88 Å². The zero-order chi connectivity index (χ0) is 17.3. The molecule has 1 aliphatic carbocycles. The molecule has 2 aromatic rings. The van der Waals surface area contributed by atoms with Gasteiger partial charge >= 0.3 is 0 Å². The third-order valence-corrected chi connectivity index (χ3v) is 4.78. The van der Waals surface area contributed by atoms with Gasteiger partial charge in [-0.15, -0.1) is 0 Å². The van der Waals surface area contributed by atoms with E-state index in [1.807, 2.05) is 62.2 Å². The number of benzene rings is 1. The molecule has 1 aliphatic rings. The molecule has 1 aromatic carbocycles. The van der Waals surface area contributed by atoms with E-state index in [4.69, 9.17) is 4.74 Å². The number of aromatic nitrogens is 1. The third-order valence-electron chi connectivity index (χ3n) is 4.78. The average molecular weight is 324 g/mol. The molecule has 1 aromatic heterocycles. The number of rotatable bonds is 5. The van der Waals surface area contributed by atoms with E-state index < -0.39 is 0 Å². The second-order valence-corrected chi connectivity index (χ2v) is 6.74. The van der Waals surface area contributed by atoms with Crippen molar-refractivity contribution in [3.63, 3.8) is 0 Å². The van der Waals surface area contributed by atoms with Gasteiger partial charge in [-0.3, -0.25) is 9.78 Å². The lowest BCUT2D eigenvalue weighted by molar-refractivity contribution is 0.0551. The maximum absolute atomic E-state index is 12.9. The van der Waals surface area contributed by atoms with Crippen LogP contribution in [0.3, 0.4) is 0 Å². The molecule has 0 radical (unpaired) electrons. The van der Waals surface area contributed by atoms with Crippen LogP contribution in [0.25, 0.3) is 11.1 Å². The number of ether oxygens (including phenoxy) is 1. The van der Waals surface area contributed by atoms with Gasteiger partial charge in [-0.2, -0.15) is 0 Å². The summed E-state index contributed by atoms with van der Waals surface area (Å²) in [7, 11) is 3.56. The number of hydrogen-bond acceptors (Lipinski definition) is 3. The Kier molecular flexibility index (Phi) is 4.41. The molecule has 0 aliphatic heterocycles. The summed E-state index contributed by atoms with van der Waals surface area (Å²) in [6, 6.07) is 11.9. The van der Waals surface area contributed by atoms with Crippen molar-refractivity contribution in [1.29, 1.82) is 0 Å². The van der Waals surface area contributed by atoms with Gasteiger partial charge in [-0.25, -0.2) is 0 Å². The van der Waals surface area contributed by atoms with E-state index in [9.17, 15) is 4.79 Å². The molecular formula is C20H24N2O2. The molecule has 0 bridgehead atoms. The van der Waals surface area contributed by atoms with Crippen LogP contribution in [0.15, 0.2) is 36.4 Å². The summed E-state index contributed by atoms with van der Waals surface area (Å²) in [6.07, 6.45) is 2.01. The van der Waals surface area contributed by atoms with Crippen LogP contribution in [-0.4, -0.2) is 42.1 Å². The van der Waals surface area contributed by atoms with Crippen LogP contribution in [-0.2, 0) is 4.74 Å². The molecule has 24 heavy (non-hydrogen) atoms. The van der Waals surface area contributed by atoms with Crippen molar-refractivity contribution in [2.75, 3.05) is 20.8 Å². The Morgan fingerprint density at radius 3 is 2.42 bits per heavy atom. The molecule has 4 heteroatoms. The number of pyridine rings is 1. The van der Waals surface area contributed by atoms with Gasteiger partial charge in [0.1, 0.15) is 0 Å². The molecule has 0 unspecified atom stereocenters. The van der Waals surface area contributed by atoms with Crippen LogP contribution in [0.5, 0.6) is 0 Å². The van der Waals surface area contributed by atoms with E-state index >= 15 is 0 Å². The van der Waals surface area contributed by atoms with Gasteiger partial charge < -0.3 is 9.64 Å². The smallest absolute Gasteiger partial charge is 0.254 e. The molecule has 0 spiro atoms. The monoisotopic (exact) mass is 324 g/mol. The van der Waals surface area contributed by atoms with Crippen LogP contribution in [0.1, 0.15) is 34.6 Å². The fraction of sp³-hybridized carbons (Fsp3) is 0.400. The number of hydrogen-bond donors (Lipinski definition) is 0. The Morgan fingerprint density at radius 1 is 1.17 bits per heavy atom. The summed E-state index contributed by atoms with van der Waals surface area (Å²) < 4.78 is 5.29. The Labute approximate surface area is 143 Å². The van der Waals surface area contributed by atoms with Gasteiger partial charge in [0.15, 0.2) is 0 Å². The minimum Gasteiger partial charge on any atom is -0.382 e. The molecule has 0 saturated heterocycles. The van der Waals surface area contributed by atoms with E-state index in [1.54, 1.807) is 7.11 Å². The number of methoxy groups -OCH3 is 1. The van der Waals surface area contributed by atoms with Gasteiger partial charge in [0.05, 0.1) is 12.1 Å². The van der Waals surface area contributed by atoms with E-state index in [0.717, 1.165) is 35.4 Å². The first-order valence-electron chi connectivity index (χ1n) is 8.28. The molecule has 3 rings (SSSR count). The second-order valence-electron chi connectivity index (χ2n) is 6.74. The number of carbonyl (C=O) groups is 1. The topological polar surface area (TPSA) is 42.4 Å². The Balaban J connectivity index is 1.89. The molecule has 1 amide bonds. The maximum atomic E-state index is 12.9. The van der Waals surface area contributed by atoms with E-state index in [0.29, 0.717) is 12.2 Å². The van der Waals surface area contributed by atoms with Crippen molar-refractivity contribution in [2.45, 2.75) is 32.2 Å². The average Bonchev–Trinajstić information content (AvgIpc) is 3.34. The third kappa shape index (κ3) is 3.20. The first-order valence-corrected chi connectivity index (χ1v) is 8.28. The molecule has 0 N–H and O–H groups in total. The van der Waals surface area contributed by atoms with Crippen LogP contribution < -0.4 is 0 Å². The summed E-state index contributed by atoms with van der Waals surface area (Å²) in [5, 5.41) is 0. The number of nitrogens with zero attached hydrogens (tertiary/aromatic N) is 2. The number of aryl methyl sites for hydroxylation is 2. The normalized spacial score (nSPS) is 15.2. The van der Waals surface area contributed by atoms with Gasteiger partial charge in [-0.1, -0.05) is 12.1 Å². The quantitative estimate of drug-likeness (QED) is 0.843. The summed E-state index contributed by atoms with van der Waals surface area (Å²) in [4.78, 5) is 19.1. The van der Waals surface area contributed by atoms with Crippen molar-refractivity contribution in [3.05, 3.63) is 53.3 Å². The lowest BCUT2D eigenvalue weighted by Crippen LogP contribution is -2.42. The van der Waals surface area contributed by atoms with Crippen LogP contribution >= 0.6 is 0 Å². The second kappa shape index (κ2) is 6.36. The summed E-state index contributed by atoms with van der Waals surface area (Å²) >= 11 is 0. The first-order chi connectivity index (χ1) is 11.4. The SMILES string of the molecule is COCC1(N(C)C(=O)c2cccc(-c3cc(C)nc(C)c3)c2)CC1. The van der Waals surface area contributed by atoms with Crippen molar-refractivity contribution in [2.24, 2.45) is 0 Å². The molecule has 0 atom stereocenters. The van der Waals surface area contributed by atoms with Gasteiger partial charge in [0.2, 0.25) is 0 Å². The number of amides is 1. The minimum atomic E-state index is -0.119. The molecular weight excluding hydrogens is 300 g/mol. The number of carbonyl (C=O) groups excluding carboxylic acids is 1. The minimum absolute atomic E-state index is 0.0499. The Morgan fingerprint density at radius 2 is 1.83 bits per heavy atom. The van der Waals surface area contributed by atoms with Crippen molar-refractivity contribution in [3.8, 4) is 11.1 Å². The van der Waals surface area contributed by atoms with E-state index in [2.05, 4.69) is 4.98 Å². The highest BCUT2D eigenvalue weighted by Crippen LogP contribution is 2.41. The highest BCUT2D eigenvalue weighted by molar-refractivity contribution is 5.96. The fourth-order valence-corrected chi connectivity index (χ4v) is 3.23. The lowest BCUT2D eigenvalue weighted by atomic mass is 10.0.